The average molecular weight is 359 g/mol. The number of hydrogen-bond donors (Lipinski definition) is 1. The van der Waals surface area contributed by atoms with Crippen LogP contribution in [0.5, 0.6) is 5.75 Å². The van der Waals surface area contributed by atoms with E-state index in [0.29, 0.717) is 26.7 Å². The lowest BCUT2D eigenvalue weighted by Crippen LogP contribution is -1.91. The van der Waals surface area contributed by atoms with Crippen molar-refractivity contribution >= 4 is 28.9 Å². The summed E-state index contributed by atoms with van der Waals surface area (Å²) in [7, 11) is 0. The Morgan fingerprint density at radius 1 is 1.00 bits per heavy atom. The highest BCUT2D eigenvalue weighted by Crippen LogP contribution is 2.40. The molecule has 1 radical (unpaired) electrons. The first-order valence-electron chi connectivity index (χ1n) is 6.91. The van der Waals surface area contributed by atoms with Crippen LogP contribution in [0.1, 0.15) is 0 Å². The molecular formula is C18H10Cl2NO3. The quantitative estimate of drug-likeness (QED) is 0.479. The van der Waals surface area contributed by atoms with Gasteiger partial charge in [0.25, 0.3) is 0 Å². The molecule has 0 bridgehead atoms. The van der Waals surface area contributed by atoms with Gasteiger partial charge in [0, 0.05) is 21.7 Å². The molecule has 119 valence electrons. The van der Waals surface area contributed by atoms with Crippen molar-refractivity contribution in [3.63, 3.8) is 0 Å². The van der Waals surface area contributed by atoms with Gasteiger partial charge in [-0.2, -0.15) is 0 Å². The molecule has 24 heavy (non-hydrogen) atoms. The van der Waals surface area contributed by atoms with E-state index in [1.54, 1.807) is 30.3 Å². The minimum Gasteiger partial charge on any atom is -0.502 e. The lowest BCUT2D eigenvalue weighted by molar-refractivity contribution is -0.385. The highest BCUT2D eigenvalue weighted by atomic mass is 35.5. The third-order valence-electron chi connectivity index (χ3n) is 3.54. The largest absolute Gasteiger partial charge is 0.502 e. The summed E-state index contributed by atoms with van der Waals surface area (Å²) in [5.74, 6) is -0.390. The number of nitrogens with zero attached hydrogens (tertiary/aromatic N) is 1. The number of nitro benzene ring substituents is 1. The summed E-state index contributed by atoms with van der Waals surface area (Å²) in [6.07, 6.45) is 0. The highest BCUT2D eigenvalue weighted by Gasteiger charge is 2.17. The van der Waals surface area contributed by atoms with Gasteiger partial charge in [-0.15, -0.1) is 0 Å². The van der Waals surface area contributed by atoms with Crippen LogP contribution >= 0.6 is 23.2 Å². The van der Waals surface area contributed by atoms with E-state index in [4.69, 9.17) is 23.2 Å². The molecule has 0 spiro atoms. The molecule has 3 rings (SSSR count). The Hall–Kier alpha value is -2.56. The van der Waals surface area contributed by atoms with Gasteiger partial charge < -0.3 is 5.11 Å². The zero-order chi connectivity index (χ0) is 17.3. The maximum absolute atomic E-state index is 11.1. The second kappa shape index (κ2) is 6.51. The van der Waals surface area contributed by atoms with Crippen molar-refractivity contribution in [1.82, 2.24) is 0 Å². The fourth-order valence-electron chi connectivity index (χ4n) is 2.42. The molecule has 0 saturated heterocycles. The monoisotopic (exact) mass is 358 g/mol. The standard InChI is InChI=1S/C18H10Cl2NO3/c19-13-7-4-11(5-8-13)18-14(2-1-3-15(18)20)12-6-9-17(22)16(10-12)21(23)24/h1,3-10,22H. The maximum atomic E-state index is 11.1. The van der Waals surface area contributed by atoms with E-state index in [9.17, 15) is 15.2 Å². The molecule has 3 aromatic carbocycles. The number of rotatable bonds is 3. The number of hydrogen-bond acceptors (Lipinski definition) is 3. The highest BCUT2D eigenvalue weighted by molar-refractivity contribution is 6.34. The van der Waals surface area contributed by atoms with Crippen LogP contribution in [0.25, 0.3) is 22.3 Å². The third-order valence-corrected chi connectivity index (χ3v) is 4.11. The SMILES string of the molecule is O=[N+]([O-])c1cc(-c2[c]ccc(Cl)c2-c2ccc(Cl)cc2)ccc1O. The summed E-state index contributed by atoms with van der Waals surface area (Å²) < 4.78 is 0. The van der Waals surface area contributed by atoms with Crippen LogP contribution in [0, 0.1) is 16.2 Å². The summed E-state index contributed by atoms with van der Waals surface area (Å²) in [6, 6.07) is 17.7. The molecule has 6 heteroatoms. The van der Waals surface area contributed by atoms with E-state index in [2.05, 4.69) is 6.07 Å². The minimum absolute atomic E-state index is 0.372. The zero-order valence-corrected chi connectivity index (χ0v) is 13.7. The fourth-order valence-corrected chi connectivity index (χ4v) is 2.82. The number of benzene rings is 3. The van der Waals surface area contributed by atoms with E-state index in [0.717, 1.165) is 5.56 Å². The first-order valence-corrected chi connectivity index (χ1v) is 7.67. The predicted octanol–water partition coefficient (Wildman–Crippen LogP) is 5.74. The van der Waals surface area contributed by atoms with Crippen molar-refractivity contribution in [2.24, 2.45) is 0 Å². The van der Waals surface area contributed by atoms with Crippen LogP contribution in [0.2, 0.25) is 10.0 Å². The minimum atomic E-state index is -0.634. The Morgan fingerprint density at radius 3 is 2.33 bits per heavy atom. The van der Waals surface area contributed by atoms with Crippen LogP contribution in [0.3, 0.4) is 0 Å². The van der Waals surface area contributed by atoms with E-state index >= 15 is 0 Å². The Labute approximate surface area is 148 Å². The van der Waals surface area contributed by atoms with Gasteiger partial charge in [-0.05, 0) is 47.0 Å². The lowest BCUT2D eigenvalue weighted by atomic mass is 9.94. The fraction of sp³-hybridized carbons (Fsp3) is 0. The second-order valence-electron chi connectivity index (χ2n) is 5.04. The molecule has 0 saturated carbocycles. The molecule has 4 nitrogen and oxygen atoms in total. The molecule has 0 fully saturated rings. The van der Waals surface area contributed by atoms with Crippen LogP contribution in [0.15, 0.2) is 54.6 Å². The summed E-state index contributed by atoms with van der Waals surface area (Å²) in [4.78, 5) is 10.4. The number of phenols is 1. The molecule has 0 aromatic heterocycles. The van der Waals surface area contributed by atoms with Crippen molar-refractivity contribution in [3.8, 4) is 28.0 Å². The van der Waals surface area contributed by atoms with Gasteiger partial charge in [-0.25, -0.2) is 0 Å². The number of phenolic OH excluding ortho intramolecular Hbond substituents is 1. The topological polar surface area (TPSA) is 63.4 Å². The summed E-state index contributed by atoms with van der Waals surface area (Å²) in [5, 5.41) is 21.8. The van der Waals surface area contributed by atoms with Gasteiger partial charge in [0.2, 0.25) is 0 Å². The molecule has 0 unspecified atom stereocenters. The van der Waals surface area contributed by atoms with Gasteiger partial charge in [-0.3, -0.25) is 10.1 Å². The predicted molar refractivity (Wildman–Crippen MR) is 94.5 cm³/mol. The molecule has 0 atom stereocenters. The van der Waals surface area contributed by atoms with Crippen LogP contribution < -0.4 is 0 Å². The van der Waals surface area contributed by atoms with Gasteiger partial charge in [0.05, 0.1) is 4.92 Å². The molecule has 0 heterocycles. The average Bonchev–Trinajstić information content (AvgIpc) is 2.56. The molecule has 0 aliphatic rings. The van der Waals surface area contributed by atoms with Gasteiger partial charge in [0.1, 0.15) is 0 Å². The zero-order valence-electron chi connectivity index (χ0n) is 12.2. The molecular weight excluding hydrogens is 349 g/mol. The Balaban J connectivity index is 2.23. The van der Waals surface area contributed by atoms with Crippen molar-refractivity contribution < 1.29 is 10.0 Å². The summed E-state index contributed by atoms with van der Waals surface area (Å²) in [6.45, 7) is 0. The number of nitro groups is 1. The summed E-state index contributed by atoms with van der Waals surface area (Å²) in [5.41, 5.74) is 2.27. The van der Waals surface area contributed by atoms with Crippen LogP contribution in [-0.2, 0) is 0 Å². The molecule has 0 aliphatic heterocycles. The molecule has 1 N–H and O–H groups in total. The number of aromatic hydroxyl groups is 1. The number of halogens is 2. The lowest BCUT2D eigenvalue weighted by Gasteiger charge is -2.12. The Kier molecular flexibility index (Phi) is 4.42. The first-order chi connectivity index (χ1) is 11.5. The second-order valence-corrected chi connectivity index (χ2v) is 5.89. The van der Waals surface area contributed by atoms with Crippen molar-refractivity contribution in [2.45, 2.75) is 0 Å². The normalized spacial score (nSPS) is 10.6. The van der Waals surface area contributed by atoms with Crippen molar-refractivity contribution in [3.05, 3.63) is 80.8 Å². The van der Waals surface area contributed by atoms with Crippen LogP contribution in [0.4, 0.5) is 5.69 Å². The van der Waals surface area contributed by atoms with Crippen molar-refractivity contribution in [1.29, 1.82) is 0 Å². The molecule has 0 aliphatic carbocycles. The Bertz CT molecular complexity index is 924. The van der Waals surface area contributed by atoms with Crippen molar-refractivity contribution in [2.75, 3.05) is 0 Å². The summed E-state index contributed by atoms with van der Waals surface area (Å²) >= 11 is 12.3. The van der Waals surface area contributed by atoms with E-state index in [1.807, 2.05) is 12.1 Å². The van der Waals surface area contributed by atoms with Crippen LogP contribution in [-0.4, -0.2) is 10.0 Å². The third kappa shape index (κ3) is 3.07. The van der Waals surface area contributed by atoms with E-state index in [-0.39, 0.29) is 11.4 Å². The first kappa shape index (κ1) is 16.3. The van der Waals surface area contributed by atoms with E-state index in [1.165, 1.54) is 12.1 Å². The molecule has 0 amide bonds. The molecule has 3 aromatic rings. The smallest absolute Gasteiger partial charge is 0.311 e. The van der Waals surface area contributed by atoms with Gasteiger partial charge in [0.15, 0.2) is 5.75 Å². The van der Waals surface area contributed by atoms with E-state index < -0.39 is 4.92 Å². The van der Waals surface area contributed by atoms with Gasteiger partial charge in [-0.1, -0.05) is 47.5 Å². The Morgan fingerprint density at radius 2 is 1.67 bits per heavy atom. The van der Waals surface area contributed by atoms with Gasteiger partial charge >= 0.3 is 5.69 Å². The maximum Gasteiger partial charge on any atom is 0.311 e.